The number of phenolic OH excluding ortho intramolecular Hbond substituents is 2. The number of oxime groups is 1. The van der Waals surface area contributed by atoms with Crippen LogP contribution in [0.1, 0.15) is 11.1 Å². The van der Waals surface area contributed by atoms with Gasteiger partial charge in [-0.05, 0) is 36.4 Å². The summed E-state index contributed by atoms with van der Waals surface area (Å²) in [7, 11) is 1.46. The maximum Gasteiger partial charge on any atom is 0.122 e. The van der Waals surface area contributed by atoms with Gasteiger partial charge < -0.3 is 15.1 Å². The topological polar surface area (TPSA) is 62.0 Å². The Labute approximate surface area is 129 Å². The summed E-state index contributed by atoms with van der Waals surface area (Å²) >= 11 is 0. The minimum atomic E-state index is 0.195. The van der Waals surface area contributed by atoms with Gasteiger partial charge in [0.2, 0.25) is 0 Å². The van der Waals surface area contributed by atoms with Crippen molar-refractivity contribution in [1.29, 1.82) is 0 Å². The van der Waals surface area contributed by atoms with Crippen LogP contribution in [0.2, 0.25) is 0 Å². The number of aromatic hydroxyl groups is 2. The molecule has 2 rings (SSSR count). The van der Waals surface area contributed by atoms with E-state index in [0.29, 0.717) is 16.8 Å². The average molecular weight is 295 g/mol. The van der Waals surface area contributed by atoms with E-state index < -0.39 is 0 Å². The van der Waals surface area contributed by atoms with E-state index in [1.165, 1.54) is 7.11 Å². The molecule has 2 N–H and O–H groups in total. The zero-order valence-electron chi connectivity index (χ0n) is 12.2. The normalized spacial score (nSPS) is 11.0. The first-order chi connectivity index (χ1) is 10.7. The van der Waals surface area contributed by atoms with Crippen molar-refractivity contribution in [1.82, 2.24) is 0 Å². The van der Waals surface area contributed by atoms with E-state index in [0.717, 1.165) is 0 Å². The molecular weight excluding hydrogens is 278 g/mol. The maximum absolute atomic E-state index is 9.72. The Bertz CT molecular complexity index is 660. The minimum absolute atomic E-state index is 0.195. The summed E-state index contributed by atoms with van der Waals surface area (Å²) in [6.07, 6.45) is 6.91. The highest BCUT2D eigenvalue weighted by Crippen LogP contribution is 2.18. The van der Waals surface area contributed by atoms with E-state index in [4.69, 9.17) is 4.84 Å². The molecule has 112 valence electrons. The van der Waals surface area contributed by atoms with Crippen molar-refractivity contribution in [3.8, 4) is 11.5 Å². The van der Waals surface area contributed by atoms with Crippen LogP contribution in [0.3, 0.4) is 0 Å². The molecule has 0 radical (unpaired) electrons. The molecule has 0 amide bonds. The van der Waals surface area contributed by atoms with Crippen LogP contribution in [-0.2, 0) is 4.84 Å². The molecule has 2 aromatic rings. The van der Waals surface area contributed by atoms with Crippen LogP contribution in [0.4, 0.5) is 0 Å². The first-order valence-corrected chi connectivity index (χ1v) is 6.74. The van der Waals surface area contributed by atoms with Gasteiger partial charge in [-0.1, -0.05) is 41.6 Å². The zero-order valence-corrected chi connectivity index (χ0v) is 12.2. The van der Waals surface area contributed by atoms with Crippen molar-refractivity contribution < 1.29 is 15.1 Å². The molecule has 4 nitrogen and oxygen atoms in total. The van der Waals surface area contributed by atoms with E-state index in [-0.39, 0.29) is 11.5 Å². The summed E-state index contributed by atoms with van der Waals surface area (Å²) in [4.78, 5) is 4.80. The predicted molar refractivity (Wildman–Crippen MR) is 88.7 cm³/mol. The molecule has 0 heterocycles. The van der Waals surface area contributed by atoms with Crippen LogP contribution >= 0.6 is 0 Å². The van der Waals surface area contributed by atoms with E-state index in [1.54, 1.807) is 60.7 Å². The molecule has 0 aromatic heterocycles. The molecule has 2 aromatic carbocycles. The molecule has 0 bridgehead atoms. The molecule has 4 heteroatoms. The van der Waals surface area contributed by atoms with E-state index >= 15 is 0 Å². The average Bonchev–Trinajstić information content (AvgIpc) is 2.53. The maximum atomic E-state index is 9.72. The third kappa shape index (κ3) is 4.24. The number of rotatable bonds is 5. The van der Waals surface area contributed by atoms with Crippen molar-refractivity contribution >= 4 is 17.9 Å². The number of phenols is 2. The van der Waals surface area contributed by atoms with Gasteiger partial charge in [0.25, 0.3) is 0 Å². The van der Waals surface area contributed by atoms with Gasteiger partial charge in [-0.15, -0.1) is 0 Å². The molecule has 0 spiro atoms. The van der Waals surface area contributed by atoms with Crippen LogP contribution in [0.5, 0.6) is 11.5 Å². The molecule has 0 aliphatic rings. The van der Waals surface area contributed by atoms with Gasteiger partial charge in [-0.2, -0.15) is 0 Å². The van der Waals surface area contributed by atoms with Crippen LogP contribution in [0.15, 0.2) is 65.8 Å². The Kier molecular flexibility index (Phi) is 5.37. The highest BCUT2D eigenvalue weighted by atomic mass is 16.6. The second-order valence-corrected chi connectivity index (χ2v) is 4.48. The van der Waals surface area contributed by atoms with Gasteiger partial charge in [-0.3, -0.25) is 0 Å². The molecule has 0 atom stereocenters. The SMILES string of the molecule is CON=C(/C=C/c1ccccc1O)/C=C/c1ccccc1O. The van der Waals surface area contributed by atoms with Gasteiger partial charge in [0.15, 0.2) is 0 Å². The Morgan fingerprint density at radius 3 is 1.73 bits per heavy atom. The number of hydrogen-bond donors (Lipinski definition) is 2. The molecule has 0 fully saturated rings. The molecule has 0 aliphatic carbocycles. The van der Waals surface area contributed by atoms with Gasteiger partial charge in [0, 0.05) is 11.1 Å². The van der Waals surface area contributed by atoms with Gasteiger partial charge in [-0.25, -0.2) is 0 Å². The van der Waals surface area contributed by atoms with Crippen LogP contribution in [0.25, 0.3) is 12.2 Å². The van der Waals surface area contributed by atoms with Gasteiger partial charge in [0.05, 0.1) is 0 Å². The fourth-order valence-electron chi connectivity index (χ4n) is 1.83. The zero-order chi connectivity index (χ0) is 15.8. The molecule has 0 aliphatic heterocycles. The summed E-state index contributed by atoms with van der Waals surface area (Å²) in [5.74, 6) is 0.389. The van der Waals surface area contributed by atoms with E-state index in [1.807, 2.05) is 12.1 Å². The summed E-state index contributed by atoms with van der Waals surface area (Å²) in [6.45, 7) is 0. The summed E-state index contributed by atoms with van der Waals surface area (Å²) < 4.78 is 0. The number of para-hydroxylation sites is 2. The highest BCUT2D eigenvalue weighted by molar-refractivity contribution is 6.08. The Balaban J connectivity index is 2.20. The van der Waals surface area contributed by atoms with Gasteiger partial charge in [0.1, 0.15) is 24.3 Å². The van der Waals surface area contributed by atoms with Crippen molar-refractivity contribution in [3.05, 3.63) is 71.8 Å². The Morgan fingerprint density at radius 2 is 1.32 bits per heavy atom. The van der Waals surface area contributed by atoms with Crippen molar-refractivity contribution in [2.45, 2.75) is 0 Å². The van der Waals surface area contributed by atoms with Crippen molar-refractivity contribution in [3.63, 3.8) is 0 Å². The second kappa shape index (κ2) is 7.69. The molecular formula is C18H17NO3. The monoisotopic (exact) mass is 295 g/mol. The fourth-order valence-corrected chi connectivity index (χ4v) is 1.83. The molecule has 0 saturated heterocycles. The third-order valence-electron chi connectivity index (χ3n) is 2.94. The number of hydrogen-bond acceptors (Lipinski definition) is 4. The standard InChI is InChI=1S/C18H17NO3/c1-22-19-16(12-10-14-6-2-4-8-17(14)20)13-11-15-7-3-5-9-18(15)21/h2-13,20-21H,1H3/b12-10+,13-11+. The largest absolute Gasteiger partial charge is 0.507 e. The first-order valence-electron chi connectivity index (χ1n) is 6.74. The van der Waals surface area contributed by atoms with E-state index in [9.17, 15) is 10.2 Å². The lowest BCUT2D eigenvalue weighted by Gasteiger charge is -1.99. The third-order valence-corrected chi connectivity index (χ3v) is 2.94. The van der Waals surface area contributed by atoms with Crippen molar-refractivity contribution in [2.24, 2.45) is 5.16 Å². The first kappa shape index (κ1) is 15.4. The number of allylic oxidation sites excluding steroid dienone is 2. The predicted octanol–water partition coefficient (Wildman–Crippen LogP) is 3.83. The number of nitrogens with zero attached hydrogens (tertiary/aromatic N) is 1. The Morgan fingerprint density at radius 1 is 0.864 bits per heavy atom. The quantitative estimate of drug-likeness (QED) is 0.651. The molecule has 22 heavy (non-hydrogen) atoms. The summed E-state index contributed by atoms with van der Waals surface area (Å²) in [6, 6.07) is 14.0. The summed E-state index contributed by atoms with van der Waals surface area (Å²) in [5, 5.41) is 23.3. The van der Waals surface area contributed by atoms with Crippen molar-refractivity contribution in [2.75, 3.05) is 7.11 Å². The van der Waals surface area contributed by atoms with E-state index in [2.05, 4.69) is 5.16 Å². The number of benzene rings is 2. The smallest absolute Gasteiger partial charge is 0.122 e. The lowest BCUT2D eigenvalue weighted by atomic mass is 10.1. The lowest BCUT2D eigenvalue weighted by molar-refractivity contribution is 0.214. The lowest BCUT2D eigenvalue weighted by Crippen LogP contribution is -1.89. The minimum Gasteiger partial charge on any atom is -0.507 e. The van der Waals surface area contributed by atoms with Crippen LogP contribution in [-0.4, -0.2) is 23.0 Å². The molecule has 0 unspecified atom stereocenters. The molecule has 0 saturated carbocycles. The highest BCUT2D eigenvalue weighted by Gasteiger charge is 1.97. The summed E-state index contributed by atoms with van der Waals surface area (Å²) in [5.41, 5.74) is 1.92. The van der Waals surface area contributed by atoms with Gasteiger partial charge >= 0.3 is 0 Å². The fraction of sp³-hybridized carbons (Fsp3) is 0.0556. The Hall–Kier alpha value is -3.01. The van der Waals surface area contributed by atoms with Crippen LogP contribution < -0.4 is 0 Å². The van der Waals surface area contributed by atoms with Crippen LogP contribution in [0, 0.1) is 0 Å². The second-order valence-electron chi connectivity index (χ2n) is 4.48.